The Morgan fingerprint density at radius 2 is 0.507 bits per heavy atom. The highest BCUT2D eigenvalue weighted by molar-refractivity contribution is 5.71. The molecule has 0 spiro atoms. The van der Waals surface area contributed by atoms with Crippen LogP contribution in [0.4, 0.5) is 0 Å². The van der Waals surface area contributed by atoms with Crippen molar-refractivity contribution in [1.82, 2.24) is 0 Å². The van der Waals surface area contributed by atoms with Crippen molar-refractivity contribution in [3.8, 4) is 0 Å². The Hall–Kier alpha value is -3.15. The van der Waals surface area contributed by atoms with Crippen LogP contribution in [0.25, 0.3) is 0 Å². The van der Waals surface area contributed by atoms with Crippen molar-refractivity contribution in [3.63, 3.8) is 0 Å². The molecule has 0 aromatic carbocycles. The number of unbranched alkanes of at least 4 members (excludes halogenated alkanes) is 32. The minimum Gasteiger partial charge on any atom is -0.462 e. The molecule has 6 nitrogen and oxygen atoms in total. The van der Waals surface area contributed by atoms with E-state index in [-0.39, 0.29) is 31.1 Å². The zero-order valence-electron chi connectivity index (χ0n) is 47.0. The first-order valence-corrected chi connectivity index (χ1v) is 30.4. The molecule has 0 aromatic heterocycles. The maximum Gasteiger partial charge on any atom is 0.306 e. The van der Waals surface area contributed by atoms with Crippen molar-refractivity contribution in [2.75, 3.05) is 13.2 Å². The summed E-state index contributed by atoms with van der Waals surface area (Å²) in [6.07, 6.45) is 76.0. The van der Waals surface area contributed by atoms with Crippen LogP contribution in [-0.4, -0.2) is 37.2 Å². The summed E-state index contributed by atoms with van der Waals surface area (Å²) in [6, 6.07) is 0. The first-order valence-electron chi connectivity index (χ1n) is 30.4. The third-order valence-corrected chi connectivity index (χ3v) is 13.2. The van der Waals surface area contributed by atoms with Gasteiger partial charge in [0.25, 0.3) is 0 Å². The van der Waals surface area contributed by atoms with Crippen LogP contribution in [0, 0.1) is 0 Å². The Kier molecular flexibility index (Phi) is 56.8. The highest BCUT2D eigenvalue weighted by atomic mass is 16.6. The van der Waals surface area contributed by atoms with E-state index in [0.717, 1.165) is 83.5 Å². The number of hydrogen-bond donors (Lipinski definition) is 0. The normalized spacial score (nSPS) is 12.5. The highest BCUT2D eigenvalue weighted by Crippen LogP contribution is 2.15. The second-order valence-corrected chi connectivity index (χ2v) is 20.2. The predicted octanol–water partition coefficient (Wildman–Crippen LogP) is 20.5. The van der Waals surface area contributed by atoms with Gasteiger partial charge in [-0.1, -0.05) is 241 Å². The lowest BCUT2D eigenvalue weighted by atomic mass is 10.1. The van der Waals surface area contributed by atoms with Gasteiger partial charge in [-0.2, -0.15) is 0 Å². The maximum atomic E-state index is 12.9. The summed E-state index contributed by atoms with van der Waals surface area (Å²) >= 11 is 0. The van der Waals surface area contributed by atoms with Crippen LogP contribution in [0.15, 0.2) is 72.9 Å². The van der Waals surface area contributed by atoms with Gasteiger partial charge in [-0.05, 0) is 116 Å². The van der Waals surface area contributed by atoms with Crippen LogP contribution in [0.2, 0.25) is 0 Å². The first kappa shape index (κ1) is 67.8. The number of carbonyl (C=O) groups excluding carboxylic acids is 3. The second-order valence-electron chi connectivity index (χ2n) is 20.2. The van der Waals surface area contributed by atoms with Gasteiger partial charge < -0.3 is 14.2 Å². The van der Waals surface area contributed by atoms with Crippen molar-refractivity contribution in [2.24, 2.45) is 0 Å². The van der Waals surface area contributed by atoms with Crippen molar-refractivity contribution in [1.29, 1.82) is 0 Å². The Morgan fingerprint density at radius 3 is 0.859 bits per heavy atom. The van der Waals surface area contributed by atoms with Gasteiger partial charge in [-0.25, -0.2) is 0 Å². The summed E-state index contributed by atoms with van der Waals surface area (Å²) in [5.74, 6) is -0.915. The average molecular weight is 992 g/mol. The topological polar surface area (TPSA) is 78.9 Å². The number of carbonyl (C=O) groups is 3. The third-order valence-electron chi connectivity index (χ3n) is 13.2. The molecule has 0 fully saturated rings. The van der Waals surface area contributed by atoms with E-state index >= 15 is 0 Å². The molecule has 0 unspecified atom stereocenters. The van der Waals surface area contributed by atoms with Crippen LogP contribution in [0.1, 0.15) is 303 Å². The van der Waals surface area contributed by atoms with E-state index in [0.29, 0.717) is 19.3 Å². The highest BCUT2D eigenvalue weighted by Gasteiger charge is 2.19. The van der Waals surface area contributed by atoms with Crippen molar-refractivity contribution in [2.45, 2.75) is 309 Å². The predicted molar refractivity (Wildman–Crippen MR) is 307 cm³/mol. The van der Waals surface area contributed by atoms with E-state index in [9.17, 15) is 14.4 Å². The van der Waals surface area contributed by atoms with Gasteiger partial charge in [0.2, 0.25) is 0 Å². The summed E-state index contributed by atoms with van der Waals surface area (Å²) in [5.41, 5.74) is 0. The van der Waals surface area contributed by atoms with E-state index in [2.05, 4.69) is 93.7 Å². The molecule has 0 bridgehead atoms. The first-order chi connectivity index (χ1) is 35.0. The van der Waals surface area contributed by atoms with Gasteiger partial charge in [0.15, 0.2) is 6.10 Å². The molecule has 0 amide bonds. The molecule has 0 saturated carbocycles. The second kappa shape index (κ2) is 59.4. The molecule has 0 aromatic rings. The van der Waals surface area contributed by atoms with Gasteiger partial charge in [-0.15, -0.1) is 0 Å². The van der Waals surface area contributed by atoms with E-state index in [1.54, 1.807) is 0 Å². The monoisotopic (exact) mass is 991 g/mol. The summed E-state index contributed by atoms with van der Waals surface area (Å²) < 4.78 is 16.9. The number of allylic oxidation sites excluding steroid dienone is 12. The summed E-state index contributed by atoms with van der Waals surface area (Å²) in [6.45, 7) is 6.59. The third kappa shape index (κ3) is 57.6. The molecular weight excluding hydrogens is 877 g/mol. The minimum atomic E-state index is -0.792. The fourth-order valence-electron chi connectivity index (χ4n) is 8.53. The van der Waals surface area contributed by atoms with Crippen LogP contribution in [0.3, 0.4) is 0 Å². The molecule has 0 radical (unpaired) electrons. The van der Waals surface area contributed by atoms with Crippen molar-refractivity contribution >= 4 is 17.9 Å². The quantitative estimate of drug-likeness (QED) is 0.0261. The fraction of sp³-hybridized carbons (Fsp3) is 0.769. The number of rotatable bonds is 55. The number of hydrogen-bond acceptors (Lipinski definition) is 6. The van der Waals surface area contributed by atoms with E-state index < -0.39 is 6.10 Å². The summed E-state index contributed by atoms with van der Waals surface area (Å²) in [5, 5.41) is 0. The lowest BCUT2D eigenvalue weighted by Crippen LogP contribution is -2.30. The average Bonchev–Trinajstić information content (AvgIpc) is 3.37. The molecule has 6 heteroatoms. The summed E-state index contributed by atoms with van der Waals surface area (Å²) in [7, 11) is 0. The van der Waals surface area contributed by atoms with Gasteiger partial charge in [0, 0.05) is 19.3 Å². The molecular formula is C65H114O6. The minimum absolute atomic E-state index is 0.0877. The van der Waals surface area contributed by atoms with Gasteiger partial charge in [0.05, 0.1) is 0 Å². The Morgan fingerprint density at radius 1 is 0.282 bits per heavy atom. The zero-order chi connectivity index (χ0) is 51.4. The molecule has 71 heavy (non-hydrogen) atoms. The van der Waals surface area contributed by atoms with Crippen LogP contribution in [-0.2, 0) is 28.6 Å². The SMILES string of the molecule is CCCCC/C=C/C/C=C/C/C=C/C/C=C/CCCCCC(=O)OC[C@@H](COC(=O)CCCCCCCCC/C=C/CCCCCC)OC(=O)CCCCCCCCCCC/C=C/CCCCCCCC. The molecule has 0 rings (SSSR count). The molecule has 0 aliphatic rings. The van der Waals surface area contributed by atoms with Gasteiger partial charge >= 0.3 is 17.9 Å². The van der Waals surface area contributed by atoms with Crippen molar-refractivity contribution < 1.29 is 28.6 Å². The zero-order valence-corrected chi connectivity index (χ0v) is 47.0. The Bertz CT molecular complexity index is 1320. The van der Waals surface area contributed by atoms with Crippen LogP contribution in [0.5, 0.6) is 0 Å². The molecule has 0 saturated heterocycles. The fourth-order valence-corrected chi connectivity index (χ4v) is 8.53. The van der Waals surface area contributed by atoms with E-state index in [4.69, 9.17) is 14.2 Å². The maximum absolute atomic E-state index is 12.9. The number of ether oxygens (including phenoxy) is 3. The molecule has 1 atom stereocenters. The lowest BCUT2D eigenvalue weighted by Gasteiger charge is -2.18. The lowest BCUT2D eigenvalue weighted by molar-refractivity contribution is -0.167. The standard InChI is InChI=1S/C65H114O6/c1-4-7-10-13-16-19-22-25-28-30-32-34-37-40-43-46-49-52-55-58-64(67)70-61-62(60-69-63(66)57-54-51-48-45-42-39-36-27-24-21-18-15-12-9-6-3)71-65(68)59-56-53-50-47-44-41-38-35-33-31-29-26-23-20-17-14-11-8-5-2/h16,19,21,24-26,28-29,32,34,40,43,62H,4-15,17-18,20,22-23,27,30-31,33,35-39,41-42,44-61H2,1-3H3/b19-16+,24-21+,28-25+,29-26+,34-32+,43-40+/t62-/m1/s1. The van der Waals surface area contributed by atoms with Crippen molar-refractivity contribution in [3.05, 3.63) is 72.9 Å². The van der Waals surface area contributed by atoms with E-state index in [1.807, 2.05) is 0 Å². The van der Waals surface area contributed by atoms with Crippen LogP contribution < -0.4 is 0 Å². The van der Waals surface area contributed by atoms with Gasteiger partial charge in [-0.3, -0.25) is 14.4 Å². The van der Waals surface area contributed by atoms with Crippen LogP contribution >= 0.6 is 0 Å². The Balaban J connectivity index is 4.43. The molecule has 0 N–H and O–H groups in total. The largest absolute Gasteiger partial charge is 0.462 e. The van der Waals surface area contributed by atoms with Gasteiger partial charge in [0.1, 0.15) is 13.2 Å². The molecule has 0 heterocycles. The summed E-state index contributed by atoms with van der Waals surface area (Å²) in [4.78, 5) is 38.2. The van der Waals surface area contributed by atoms with E-state index in [1.165, 1.54) is 180 Å². The Labute approximate surface area is 440 Å². The molecule has 0 aliphatic heterocycles. The molecule has 0 aliphatic carbocycles. The smallest absolute Gasteiger partial charge is 0.306 e. The number of esters is 3. The molecule has 410 valence electrons.